The summed E-state index contributed by atoms with van der Waals surface area (Å²) in [6.07, 6.45) is 0.505. The Kier molecular flexibility index (Phi) is 2.90. The molecule has 20 heavy (non-hydrogen) atoms. The van der Waals surface area contributed by atoms with E-state index < -0.39 is 11.6 Å². The quantitative estimate of drug-likeness (QED) is 0.720. The van der Waals surface area contributed by atoms with E-state index in [1.54, 1.807) is 18.2 Å². The number of carbonyl (C=O) groups excluding carboxylic acids is 1. The van der Waals surface area contributed by atoms with E-state index in [-0.39, 0.29) is 5.56 Å². The third-order valence-electron chi connectivity index (χ3n) is 3.00. The zero-order valence-electron chi connectivity index (χ0n) is 10.2. The fourth-order valence-electron chi connectivity index (χ4n) is 2.07. The van der Waals surface area contributed by atoms with Crippen molar-refractivity contribution in [1.82, 2.24) is 10.2 Å². The second-order valence-electron chi connectivity index (χ2n) is 4.22. The minimum Gasteiger partial charge on any atom is -0.311 e. The van der Waals surface area contributed by atoms with Gasteiger partial charge in [0.15, 0.2) is 5.82 Å². The Morgan fingerprint density at radius 1 is 1.15 bits per heavy atom. The second-order valence-corrected chi connectivity index (χ2v) is 4.22. The molecule has 0 saturated carbocycles. The molecular formula is C14H9F2N3O. The number of benzene rings is 2. The van der Waals surface area contributed by atoms with Crippen LogP contribution in [0.1, 0.15) is 0 Å². The number of rotatable bonds is 3. The van der Waals surface area contributed by atoms with Gasteiger partial charge >= 0.3 is 0 Å². The summed E-state index contributed by atoms with van der Waals surface area (Å²) in [6.45, 7) is 0. The Bertz CT molecular complexity index is 798. The van der Waals surface area contributed by atoms with Gasteiger partial charge in [-0.1, -0.05) is 6.07 Å². The number of nitrogens with zero attached hydrogens (tertiary/aromatic N) is 1. The van der Waals surface area contributed by atoms with Crippen molar-refractivity contribution < 1.29 is 13.6 Å². The number of anilines is 1. The Morgan fingerprint density at radius 2 is 2.00 bits per heavy atom. The highest BCUT2D eigenvalue weighted by atomic mass is 19.1. The maximum Gasteiger partial charge on any atom is 0.212 e. The van der Waals surface area contributed by atoms with Crippen LogP contribution >= 0.6 is 0 Å². The molecule has 2 N–H and O–H groups in total. The van der Waals surface area contributed by atoms with Crippen LogP contribution in [-0.4, -0.2) is 16.6 Å². The molecule has 0 radical (unpaired) electrons. The zero-order valence-corrected chi connectivity index (χ0v) is 10.2. The summed E-state index contributed by atoms with van der Waals surface area (Å²) in [5, 5.41) is 9.73. The Balaban J connectivity index is 2.18. The van der Waals surface area contributed by atoms with Crippen molar-refractivity contribution in [2.75, 3.05) is 5.32 Å². The molecule has 100 valence electrons. The molecule has 0 spiro atoms. The second kappa shape index (κ2) is 4.73. The van der Waals surface area contributed by atoms with Crippen LogP contribution in [-0.2, 0) is 4.79 Å². The van der Waals surface area contributed by atoms with Gasteiger partial charge in [0.05, 0.1) is 5.52 Å². The number of carbonyl (C=O) groups is 1. The molecule has 6 heteroatoms. The van der Waals surface area contributed by atoms with E-state index in [1.165, 1.54) is 0 Å². The molecule has 0 aliphatic rings. The van der Waals surface area contributed by atoms with E-state index in [4.69, 9.17) is 0 Å². The number of H-pyrrole nitrogens is 1. The topological polar surface area (TPSA) is 57.8 Å². The summed E-state index contributed by atoms with van der Waals surface area (Å²) in [4.78, 5) is 10.5. The third kappa shape index (κ3) is 2.01. The monoisotopic (exact) mass is 273 g/mol. The Labute approximate surface area is 112 Å². The van der Waals surface area contributed by atoms with E-state index in [0.717, 1.165) is 18.2 Å². The SMILES string of the molecule is O=CNc1n[nH]c2ccc(-c3cc(F)ccc3F)cc12. The van der Waals surface area contributed by atoms with Crippen LogP contribution in [0.2, 0.25) is 0 Å². The molecule has 0 atom stereocenters. The standard InChI is InChI=1S/C14H9F2N3O/c15-9-2-3-12(16)10(6-9)8-1-4-13-11(5-8)14(17-7-20)19-18-13/h1-7H,(H2,17,18,19,20). The molecular weight excluding hydrogens is 264 g/mol. The lowest BCUT2D eigenvalue weighted by Gasteiger charge is -2.04. The molecule has 0 aliphatic carbocycles. The van der Waals surface area contributed by atoms with Gasteiger partial charge < -0.3 is 5.32 Å². The number of amides is 1. The van der Waals surface area contributed by atoms with Gasteiger partial charge in [-0.2, -0.15) is 5.10 Å². The van der Waals surface area contributed by atoms with E-state index >= 15 is 0 Å². The summed E-state index contributed by atoms with van der Waals surface area (Å²) in [5.74, 6) is -0.687. The van der Waals surface area contributed by atoms with Gasteiger partial charge in [-0.25, -0.2) is 8.78 Å². The Hall–Kier alpha value is -2.76. The van der Waals surface area contributed by atoms with Crippen molar-refractivity contribution in [3.63, 3.8) is 0 Å². The van der Waals surface area contributed by atoms with Crippen LogP contribution in [0.5, 0.6) is 0 Å². The molecule has 1 heterocycles. The molecule has 1 amide bonds. The Morgan fingerprint density at radius 3 is 2.80 bits per heavy atom. The van der Waals surface area contributed by atoms with Gasteiger partial charge in [0.2, 0.25) is 6.41 Å². The first-order valence-electron chi connectivity index (χ1n) is 5.83. The lowest BCUT2D eigenvalue weighted by atomic mass is 10.0. The van der Waals surface area contributed by atoms with E-state index in [9.17, 15) is 13.6 Å². The van der Waals surface area contributed by atoms with Gasteiger partial charge in [0.25, 0.3) is 0 Å². The molecule has 0 saturated heterocycles. The van der Waals surface area contributed by atoms with Gasteiger partial charge in [-0.05, 0) is 35.9 Å². The average molecular weight is 273 g/mol. The molecule has 2 aromatic carbocycles. The van der Waals surface area contributed by atoms with Crippen LogP contribution in [0.3, 0.4) is 0 Å². The number of fused-ring (bicyclic) bond motifs is 1. The number of aromatic amines is 1. The summed E-state index contributed by atoms with van der Waals surface area (Å²) in [7, 11) is 0. The van der Waals surface area contributed by atoms with Crippen molar-refractivity contribution >= 4 is 23.1 Å². The van der Waals surface area contributed by atoms with Crippen LogP contribution in [0.4, 0.5) is 14.6 Å². The number of nitrogens with one attached hydrogen (secondary N) is 2. The van der Waals surface area contributed by atoms with E-state index in [1.807, 2.05) is 0 Å². The largest absolute Gasteiger partial charge is 0.311 e. The molecule has 3 aromatic rings. The summed E-state index contributed by atoms with van der Waals surface area (Å²) in [5.41, 5.74) is 1.35. The maximum absolute atomic E-state index is 13.8. The number of aromatic nitrogens is 2. The minimum absolute atomic E-state index is 0.158. The molecule has 0 unspecified atom stereocenters. The molecule has 3 rings (SSSR count). The van der Waals surface area contributed by atoms with Crippen LogP contribution in [0.15, 0.2) is 36.4 Å². The lowest BCUT2D eigenvalue weighted by molar-refractivity contribution is -0.105. The molecule has 4 nitrogen and oxygen atoms in total. The fourth-order valence-corrected chi connectivity index (χ4v) is 2.07. The number of hydrogen-bond donors (Lipinski definition) is 2. The fraction of sp³-hybridized carbons (Fsp3) is 0. The van der Waals surface area contributed by atoms with E-state index in [2.05, 4.69) is 15.5 Å². The van der Waals surface area contributed by atoms with Crippen molar-refractivity contribution in [2.45, 2.75) is 0 Å². The van der Waals surface area contributed by atoms with Gasteiger partial charge in [-0.15, -0.1) is 0 Å². The normalized spacial score (nSPS) is 10.7. The van der Waals surface area contributed by atoms with E-state index in [0.29, 0.717) is 28.7 Å². The van der Waals surface area contributed by atoms with Crippen molar-refractivity contribution in [2.24, 2.45) is 0 Å². The number of halogens is 2. The van der Waals surface area contributed by atoms with Crippen molar-refractivity contribution in [3.05, 3.63) is 48.0 Å². The van der Waals surface area contributed by atoms with Gasteiger partial charge in [0, 0.05) is 10.9 Å². The molecule has 0 aliphatic heterocycles. The van der Waals surface area contributed by atoms with Crippen LogP contribution in [0, 0.1) is 11.6 Å². The third-order valence-corrected chi connectivity index (χ3v) is 3.00. The van der Waals surface area contributed by atoms with Gasteiger partial charge in [0.1, 0.15) is 11.6 Å². The average Bonchev–Trinajstić information content (AvgIpc) is 2.84. The predicted octanol–water partition coefficient (Wildman–Crippen LogP) is 3.08. The van der Waals surface area contributed by atoms with Crippen LogP contribution < -0.4 is 5.32 Å². The number of hydrogen-bond acceptors (Lipinski definition) is 2. The highest BCUT2D eigenvalue weighted by Crippen LogP contribution is 2.29. The first-order chi connectivity index (χ1) is 9.69. The highest BCUT2D eigenvalue weighted by Gasteiger charge is 2.10. The molecule has 0 bridgehead atoms. The highest BCUT2D eigenvalue weighted by molar-refractivity contribution is 5.96. The van der Waals surface area contributed by atoms with Crippen molar-refractivity contribution in [3.8, 4) is 11.1 Å². The smallest absolute Gasteiger partial charge is 0.212 e. The first-order valence-corrected chi connectivity index (χ1v) is 5.83. The minimum atomic E-state index is -0.515. The summed E-state index contributed by atoms with van der Waals surface area (Å²) in [6, 6.07) is 8.26. The summed E-state index contributed by atoms with van der Waals surface area (Å²) >= 11 is 0. The predicted molar refractivity (Wildman–Crippen MR) is 71.1 cm³/mol. The zero-order chi connectivity index (χ0) is 14.1. The van der Waals surface area contributed by atoms with Crippen molar-refractivity contribution in [1.29, 1.82) is 0 Å². The van der Waals surface area contributed by atoms with Crippen LogP contribution in [0.25, 0.3) is 22.0 Å². The molecule has 0 fully saturated rings. The lowest BCUT2D eigenvalue weighted by Crippen LogP contribution is -1.94. The summed E-state index contributed by atoms with van der Waals surface area (Å²) < 4.78 is 27.0. The maximum atomic E-state index is 13.8. The first kappa shape index (κ1) is 12.3. The van der Waals surface area contributed by atoms with Gasteiger partial charge in [-0.3, -0.25) is 9.89 Å². The molecule has 1 aromatic heterocycles.